The van der Waals surface area contributed by atoms with Gasteiger partial charge in [0.2, 0.25) is 11.7 Å². The van der Waals surface area contributed by atoms with Crippen LogP contribution in [0.25, 0.3) is 11.5 Å². The molecular weight excluding hydrogens is 252 g/mol. The molecule has 1 fully saturated rings. The van der Waals surface area contributed by atoms with Crippen molar-refractivity contribution in [3.63, 3.8) is 0 Å². The molecule has 0 spiro atoms. The van der Waals surface area contributed by atoms with Crippen molar-refractivity contribution in [3.05, 3.63) is 29.8 Å². The van der Waals surface area contributed by atoms with Crippen molar-refractivity contribution in [2.45, 2.75) is 51.0 Å². The smallest absolute Gasteiger partial charge is 0.247 e. The molecule has 0 aliphatic heterocycles. The van der Waals surface area contributed by atoms with Gasteiger partial charge < -0.3 is 10.3 Å². The fourth-order valence-electron chi connectivity index (χ4n) is 2.76. The average Bonchev–Trinajstić information content (AvgIpc) is 2.84. The van der Waals surface area contributed by atoms with E-state index in [2.05, 4.69) is 15.1 Å². The van der Waals surface area contributed by atoms with E-state index in [0.29, 0.717) is 11.7 Å². The van der Waals surface area contributed by atoms with E-state index in [4.69, 9.17) is 10.3 Å². The Morgan fingerprint density at radius 1 is 1.20 bits per heavy atom. The molecule has 0 atom stereocenters. The Hall–Kier alpha value is -1.75. The standard InChI is InChI=1S/C15H20N4O/c1-11-6-9-17-12(10-11)13-18-14(20-19-13)15(16)7-4-2-3-5-8-15/h6,9-10H,2-5,7-8,16H2,1H3. The minimum Gasteiger partial charge on any atom is -0.337 e. The summed E-state index contributed by atoms with van der Waals surface area (Å²) in [4.78, 5) is 8.78. The zero-order valence-corrected chi connectivity index (χ0v) is 11.8. The molecule has 3 rings (SSSR count). The SMILES string of the molecule is Cc1ccnc(-c2noc(C3(N)CCCCCC3)n2)c1. The first kappa shape index (κ1) is 13.2. The van der Waals surface area contributed by atoms with E-state index in [1.807, 2.05) is 19.1 Å². The molecule has 0 bridgehead atoms. The number of pyridine rings is 1. The summed E-state index contributed by atoms with van der Waals surface area (Å²) in [6.45, 7) is 2.02. The molecule has 1 saturated carbocycles. The molecule has 0 amide bonds. The molecule has 2 heterocycles. The average molecular weight is 272 g/mol. The van der Waals surface area contributed by atoms with Gasteiger partial charge in [-0.2, -0.15) is 4.98 Å². The zero-order chi connectivity index (χ0) is 14.0. The summed E-state index contributed by atoms with van der Waals surface area (Å²) in [7, 11) is 0. The lowest BCUT2D eigenvalue weighted by Crippen LogP contribution is -2.36. The second-order valence-corrected chi connectivity index (χ2v) is 5.71. The van der Waals surface area contributed by atoms with E-state index in [9.17, 15) is 0 Å². The van der Waals surface area contributed by atoms with Crippen molar-refractivity contribution in [1.82, 2.24) is 15.1 Å². The Morgan fingerprint density at radius 3 is 2.65 bits per heavy atom. The zero-order valence-electron chi connectivity index (χ0n) is 11.8. The number of nitrogens with zero attached hydrogens (tertiary/aromatic N) is 3. The molecule has 2 N–H and O–H groups in total. The number of rotatable bonds is 2. The van der Waals surface area contributed by atoms with Gasteiger partial charge in [0.15, 0.2) is 0 Å². The first-order chi connectivity index (χ1) is 9.67. The lowest BCUT2D eigenvalue weighted by atomic mass is 9.91. The Balaban J connectivity index is 1.89. The monoisotopic (exact) mass is 272 g/mol. The van der Waals surface area contributed by atoms with Gasteiger partial charge in [0.25, 0.3) is 0 Å². The molecule has 1 aliphatic rings. The van der Waals surface area contributed by atoms with Crippen molar-refractivity contribution in [2.24, 2.45) is 5.73 Å². The van der Waals surface area contributed by atoms with E-state index < -0.39 is 5.54 Å². The van der Waals surface area contributed by atoms with Gasteiger partial charge in [-0.25, -0.2) is 0 Å². The van der Waals surface area contributed by atoms with Crippen LogP contribution in [0.1, 0.15) is 50.0 Å². The van der Waals surface area contributed by atoms with Gasteiger partial charge >= 0.3 is 0 Å². The van der Waals surface area contributed by atoms with Gasteiger partial charge in [0.1, 0.15) is 5.69 Å². The summed E-state index contributed by atoms with van der Waals surface area (Å²) in [6.07, 6.45) is 8.29. The highest BCUT2D eigenvalue weighted by Crippen LogP contribution is 2.33. The molecule has 0 aromatic carbocycles. The maximum atomic E-state index is 6.49. The molecule has 2 aromatic heterocycles. The Bertz CT molecular complexity index is 585. The van der Waals surface area contributed by atoms with Crippen LogP contribution in [0, 0.1) is 6.92 Å². The van der Waals surface area contributed by atoms with Gasteiger partial charge in [-0.1, -0.05) is 30.8 Å². The quantitative estimate of drug-likeness (QED) is 0.850. The number of hydrogen-bond acceptors (Lipinski definition) is 5. The molecule has 2 aromatic rings. The number of hydrogen-bond donors (Lipinski definition) is 1. The minimum atomic E-state index is -0.467. The number of aromatic nitrogens is 3. The summed E-state index contributed by atoms with van der Waals surface area (Å²) >= 11 is 0. The Kier molecular flexibility index (Phi) is 3.53. The van der Waals surface area contributed by atoms with E-state index in [-0.39, 0.29) is 0 Å². The Labute approximate surface area is 118 Å². The van der Waals surface area contributed by atoms with Gasteiger partial charge in [-0.05, 0) is 37.5 Å². The number of aryl methyl sites for hydroxylation is 1. The summed E-state index contributed by atoms with van der Waals surface area (Å²) in [6, 6.07) is 3.89. The molecule has 1 aliphatic carbocycles. The van der Waals surface area contributed by atoms with Crippen LogP contribution in [0.2, 0.25) is 0 Å². The first-order valence-electron chi connectivity index (χ1n) is 7.23. The maximum absolute atomic E-state index is 6.49. The molecule has 0 unspecified atom stereocenters. The van der Waals surface area contributed by atoms with Crippen LogP contribution in [-0.4, -0.2) is 15.1 Å². The third-order valence-corrected chi connectivity index (χ3v) is 3.99. The highest BCUT2D eigenvalue weighted by Gasteiger charge is 2.34. The van der Waals surface area contributed by atoms with Gasteiger partial charge in [-0.3, -0.25) is 4.98 Å². The predicted molar refractivity (Wildman–Crippen MR) is 75.8 cm³/mol. The summed E-state index contributed by atoms with van der Waals surface area (Å²) in [5.74, 6) is 1.08. The van der Waals surface area contributed by atoms with Crippen molar-refractivity contribution < 1.29 is 4.52 Å². The van der Waals surface area contributed by atoms with Crippen LogP contribution in [-0.2, 0) is 5.54 Å². The molecule has 106 valence electrons. The largest absolute Gasteiger partial charge is 0.337 e. The maximum Gasteiger partial charge on any atom is 0.247 e. The van der Waals surface area contributed by atoms with Gasteiger partial charge in [0, 0.05) is 6.20 Å². The first-order valence-corrected chi connectivity index (χ1v) is 7.23. The Morgan fingerprint density at radius 2 is 1.95 bits per heavy atom. The lowest BCUT2D eigenvalue weighted by molar-refractivity contribution is 0.257. The normalized spacial score (nSPS) is 18.7. The van der Waals surface area contributed by atoms with Crippen molar-refractivity contribution in [3.8, 4) is 11.5 Å². The molecule has 0 saturated heterocycles. The van der Waals surface area contributed by atoms with Crippen molar-refractivity contribution in [1.29, 1.82) is 0 Å². The molecule has 5 nitrogen and oxygen atoms in total. The summed E-state index contributed by atoms with van der Waals surface area (Å²) in [5, 5.41) is 4.05. The topological polar surface area (TPSA) is 77.8 Å². The van der Waals surface area contributed by atoms with Crippen LogP contribution in [0.5, 0.6) is 0 Å². The summed E-state index contributed by atoms with van der Waals surface area (Å²) < 4.78 is 5.43. The second kappa shape index (κ2) is 5.32. The predicted octanol–water partition coefficient (Wildman–Crippen LogP) is 2.95. The summed E-state index contributed by atoms with van der Waals surface area (Å²) in [5.41, 5.74) is 7.88. The van der Waals surface area contributed by atoms with Gasteiger partial charge in [0.05, 0.1) is 5.54 Å². The van der Waals surface area contributed by atoms with Gasteiger partial charge in [-0.15, -0.1) is 0 Å². The van der Waals surface area contributed by atoms with E-state index >= 15 is 0 Å². The van der Waals surface area contributed by atoms with Crippen LogP contribution in [0.4, 0.5) is 0 Å². The molecule has 5 heteroatoms. The fourth-order valence-corrected chi connectivity index (χ4v) is 2.76. The molecule has 20 heavy (non-hydrogen) atoms. The lowest BCUT2D eigenvalue weighted by Gasteiger charge is -2.22. The highest BCUT2D eigenvalue weighted by atomic mass is 16.5. The fraction of sp³-hybridized carbons (Fsp3) is 0.533. The van der Waals surface area contributed by atoms with Crippen LogP contribution in [0.15, 0.2) is 22.9 Å². The molecule has 0 radical (unpaired) electrons. The van der Waals surface area contributed by atoms with E-state index in [0.717, 1.165) is 36.9 Å². The van der Waals surface area contributed by atoms with Crippen molar-refractivity contribution >= 4 is 0 Å². The van der Waals surface area contributed by atoms with Crippen LogP contribution in [0.3, 0.4) is 0 Å². The van der Waals surface area contributed by atoms with E-state index in [1.165, 1.54) is 12.8 Å². The van der Waals surface area contributed by atoms with Crippen LogP contribution < -0.4 is 5.73 Å². The second-order valence-electron chi connectivity index (χ2n) is 5.71. The molecular formula is C15H20N4O. The minimum absolute atomic E-state index is 0.467. The number of nitrogens with two attached hydrogens (primary N) is 1. The third-order valence-electron chi connectivity index (χ3n) is 3.99. The van der Waals surface area contributed by atoms with E-state index in [1.54, 1.807) is 6.20 Å². The van der Waals surface area contributed by atoms with Crippen molar-refractivity contribution in [2.75, 3.05) is 0 Å². The third kappa shape index (κ3) is 2.58. The van der Waals surface area contributed by atoms with Crippen LogP contribution >= 0.6 is 0 Å². The highest BCUT2D eigenvalue weighted by molar-refractivity contribution is 5.49.